The summed E-state index contributed by atoms with van der Waals surface area (Å²) in [5.41, 5.74) is 9.69. The van der Waals surface area contributed by atoms with Crippen LogP contribution in [0.15, 0.2) is 36.4 Å². The summed E-state index contributed by atoms with van der Waals surface area (Å²) in [5.74, 6) is 0.715. The fourth-order valence-electron chi connectivity index (χ4n) is 2.04. The van der Waals surface area contributed by atoms with Gasteiger partial charge in [0.05, 0.1) is 12.8 Å². The van der Waals surface area contributed by atoms with Crippen LogP contribution < -0.4 is 15.8 Å². The van der Waals surface area contributed by atoms with Crippen LogP contribution in [0.1, 0.15) is 22.8 Å². The van der Waals surface area contributed by atoms with Crippen molar-refractivity contribution in [2.24, 2.45) is 0 Å². The summed E-state index contributed by atoms with van der Waals surface area (Å²) in [6.45, 7) is 3.51. The lowest BCUT2D eigenvalue weighted by Gasteiger charge is -2.13. The molecule has 20 heavy (non-hydrogen) atoms. The van der Waals surface area contributed by atoms with Crippen molar-refractivity contribution in [2.45, 2.75) is 13.8 Å². The number of aryl methyl sites for hydroxylation is 1. The molecule has 0 saturated carbocycles. The van der Waals surface area contributed by atoms with E-state index in [0.29, 0.717) is 11.3 Å². The van der Waals surface area contributed by atoms with Gasteiger partial charge in [-0.2, -0.15) is 0 Å². The molecule has 0 aliphatic carbocycles. The number of hydrogen-bond acceptors (Lipinski definition) is 4. The highest BCUT2D eigenvalue weighted by molar-refractivity contribution is 5.99. The van der Waals surface area contributed by atoms with Gasteiger partial charge in [-0.25, -0.2) is 0 Å². The van der Waals surface area contributed by atoms with Crippen molar-refractivity contribution >= 4 is 22.8 Å². The first-order valence-corrected chi connectivity index (χ1v) is 6.33. The molecule has 2 aromatic rings. The van der Waals surface area contributed by atoms with Gasteiger partial charge in [-0.3, -0.25) is 4.79 Å². The third-order valence-corrected chi connectivity index (χ3v) is 3.06. The predicted molar refractivity (Wildman–Crippen MR) is 81.9 cm³/mol. The van der Waals surface area contributed by atoms with E-state index in [9.17, 15) is 4.79 Å². The van der Waals surface area contributed by atoms with Gasteiger partial charge in [-0.05, 0) is 49.7 Å². The molecule has 4 nitrogen and oxygen atoms in total. The second-order valence-corrected chi connectivity index (χ2v) is 4.69. The van der Waals surface area contributed by atoms with Crippen LogP contribution in [0.25, 0.3) is 0 Å². The number of methoxy groups -OCH3 is 1. The summed E-state index contributed by atoms with van der Waals surface area (Å²) in [5, 5.41) is 3.25. The first kappa shape index (κ1) is 13.9. The zero-order chi connectivity index (χ0) is 14.7. The van der Waals surface area contributed by atoms with E-state index in [1.54, 1.807) is 19.2 Å². The highest BCUT2D eigenvalue weighted by Crippen LogP contribution is 2.29. The Kier molecular flexibility index (Phi) is 3.94. The Hall–Kier alpha value is -2.49. The molecule has 104 valence electrons. The van der Waals surface area contributed by atoms with Crippen LogP contribution in [0.2, 0.25) is 0 Å². The van der Waals surface area contributed by atoms with Crippen molar-refractivity contribution in [3.8, 4) is 5.75 Å². The minimum atomic E-state index is -0.0396. The van der Waals surface area contributed by atoms with Crippen molar-refractivity contribution in [3.63, 3.8) is 0 Å². The molecular formula is C16H18N2O2. The van der Waals surface area contributed by atoms with Gasteiger partial charge in [-0.1, -0.05) is 6.07 Å². The smallest absolute Gasteiger partial charge is 0.161 e. The standard InChI is InChI=1S/C16H18N2O2/c1-10-4-7-16(20-3)15(8-10)18-12-5-6-13(11(2)19)14(17)9-12/h4-9,18H,17H2,1-3H3. The fraction of sp³-hybridized carbons (Fsp3) is 0.188. The number of nitrogens with one attached hydrogen (secondary N) is 1. The SMILES string of the molecule is COc1ccc(C)cc1Nc1ccc(C(C)=O)c(N)c1. The van der Waals surface area contributed by atoms with Gasteiger partial charge in [0, 0.05) is 16.9 Å². The number of anilines is 3. The number of ketones is 1. The third-order valence-electron chi connectivity index (χ3n) is 3.06. The van der Waals surface area contributed by atoms with Crippen LogP contribution in [0.4, 0.5) is 17.1 Å². The van der Waals surface area contributed by atoms with E-state index in [1.807, 2.05) is 31.2 Å². The maximum absolute atomic E-state index is 11.4. The second kappa shape index (κ2) is 5.65. The zero-order valence-electron chi connectivity index (χ0n) is 11.9. The number of ether oxygens (including phenoxy) is 1. The summed E-state index contributed by atoms with van der Waals surface area (Å²) in [4.78, 5) is 11.4. The van der Waals surface area contributed by atoms with Crippen LogP contribution in [0.5, 0.6) is 5.75 Å². The van der Waals surface area contributed by atoms with E-state index in [2.05, 4.69) is 5.32 Å². The minimum absolute atomic E-state index is 0.0396. The number of benzene rings is 2. The average molecular weight is 270 g/mol. The summed E-state index contributed by atoms with van der Waals surface area (Å²) in [6.07, 6.45) is 0. The normalized spacial score (nSPS) is 10.2. The van der Waals surface area contributed by atoms with Crippen molar-refractivity contribution in [1.29, 1.82) is 0 Å². The Morgan fingerprint density at radius 1 is 1.20 bits per heavy atom. The molecule has 3 N–H and O–H groups in total. The van der Waals surface area contributed by atoms with E-state index >= 15 is 0 Å². The Bertz CT molecular complexity index is 651. The largest absolute Gasteiger partial charge is 0.495 e. The van der Waals surface area contributed by atoms with Crippen LogP contribution >= 0.6 is 0 Å². The molecule has 0 heterocycles. The molecule has 0 amide bonds. The third kappa shape index (κ3) is 2.91. The predicted octanol–water partition coefficient (Wildman–Crippen LogP) is 3.53. The molecule has 0 spiro atoms. The van der Waals surface area contributed by atoms with E-state index in [1.165, 1.54) is 6.92 Å². The number of nitrogen functional groups attached to an aromatic ring is 1. The minimum Gasteiger partial charge on any atom is -0.495 e. The summed E-state index contributed by atoms with van der Waals surface area (Å²) >= 11 is 0. The number of rotatable bonds is 4. The van der Waals surface area contributed by atoms with E-state index in [4.69, 9.17) is 10.5 Å². The monoisotopic (exact) mass is 270 g/mol. The van der Waals surface area contributed by atoms with Gasteiger partial charge >= 0.3 is 0 Å². The number of carbonyl (C=O) groups is 1. The first-order chi connectivity index (χ1) is 9.51. The molecule has 0 bridgehead atoms. The Morgan fingerprint density at radius 3 is 2.55 bits per heavy atom. The molecule has 0 aliphatic heterocycles. The molecule has 2 aromatic carbocycles. The molecular weight excluding hydrogens is 252 g/mol. The number of Topliss-reactive ketones (excluding diaryl/α,β-unsaturated/α-hetero) is 1. The average Bonchev–Trinajstić information content (AvgIpc) is 2.38. The quantitative estimate of drug-likeness (QED) is 0.659. The first-order valence-electron chi connectivity index (χ1n) is 6.33. The lowest BCUT2D eigenvalue weighted by molar-refractivity contribution is 0.101. The van der Waals surface area contributed by atoms with Crippen molar-refractivity contribution in [3.05, 3.63) is 47.5 Å². The van der Waals surface area contributed by atoms with Gasteiger partial charge in [0.2, 0.25) is 0 Å². The molecule has 0 aliphatic rings. The van der Waals surface area contributed by atoms with E-state index < -0.39 is 0 Å². The van der Waals surface area contributed by atoms with Gasteiger partial charge in [-0.15, -0.1) is 0 Å². The maximum Gasteiger partial charge on any atom is 0.161 e. The van der Waals surface area contributed by atoms with Gasteiger partial charge < -0.3 is 15.8 Å². The van der Waals surface area contributed by atoms with Crippen LogP contribution in [0, 0.1) is 6.92 Å². The van der Waals surface area contributed by atoms with Crippen molar-refractivity contribution in [1.82, 2.24) is 0 Å². The molecule has 4 heteroatoms. The molecule has 0 aromatic heterocycles. The van der Waals surface area contributed by atoms with Gasteiger partial charge in [0.25, 0.3) is 0 Å². The number of hydrogen-bond donors (Lipinski definition) is 2. The van der Waals surface area contributed by atoms with Gasteiger partial charge in [0.1, 0.15) is 5.75 Å². The van der Waals surface area contributed by atoms with Crippen LogP contribution in [-0.4, -0.2) is 12.9 Å². The van der Waals surface area contributed by atoms with Crippen LogP contribution in [-0.2, 0) is 0 Å². The number of nitrogens with two attached hydrogens (primary N) is 1. The maximum atomic E-state index is 11.4. The molecule has 2 rings (SSSR count). The molecule has 0 saturated heterocycles. The fourth-order valence-corrected chi connectivity index (χ4v) is 2.04. The Labute approximate surface area is 118 Å². The Balaban J connectivity index is 2.33. The molecule has 0 unspecified atom stereocenters. The number of carbonyl (C=O) groups excluding carboxylic acids is 1. The molecule has 0 radical (unpaired) electrons. The molecule has 0 fully saturated rings. The van der Waals surface area contributed by atoms with Crippen molar-refractivity contribution in [2.75, 3.05) is 18.2 Å². The lowest BCUT2D eigenvalue weighted by Crippen LogP contribution is -2.01. The van der Waals surface area contributed by atoms with Crippen LogP contribution in [0.3, 0.4) is 0 Å². The molecule has 0 atom stereocenters. The highest BCUT2D eigenvalue weighted by Gasteiger charge is 2.07. The van der Waals surface area contributed by atoms with E-state index in [-0.39, 0.29) is 5.78 Å². The summed E-state index contributed by atoms with van der Waals surface area (Å²) in [6, 6.07) is 11.2. The second-order valence-electron chi connectivity index (χ2n) is 4.69. The van der Waals surface area contributed by atoms with Crippen molar-refractivity contribution < 1.29 is 9.53 Å². The summed E-state index contributed by atoms with van der Waals surface area (Å²) in [7, 11) is 1.63. The van der Waals surface area contributed by atoms with Gasteiger partial charge in [0.15, 0.2) is 5.78 Å². The van der Waals surface area contributed by atoms with E-state index in [0.717, 1.165) is 22.7 Å². The summed E-state index contributed by atoms with van der Waals surface area (Å²) < 4.78 is 5.32. The Morgan fingerprint density at radius 2 is 1.95 bits per heavy atom. The topological polar surface area (TPSA) is 64.3 Å². The highest BCUT2D eigenvalue weighted by atomic mass is 16.5. The lowest BCUT2D eigenvalue weighted by atomic mass is 10.1. The zero-order valence-corrected chi connectivity index (χ0v) is 11.9.